The largest absolute Gasteiger partial charge is 0.228 e. The zero-order valence-corrected chi connectivity index (χ0v) is 30.7. The Bertz CT molecular complexity index is 2990. The van der Waals surface area contributed by atoms with E-state index in [4.69, 9.17) is 9.97 Å². The first-order valence-corrected chi connectivity index (χ1v) is 19.1. The summed E-state index contributed by atoms with van der Waals surface area (Å²) in [6.45, 7) is 0. The van der Waals surface area contributed by atoms with Crippen molar-refractivity contribution in [3.8, 4) is 78.3 Å². The van der Waals surface area contributed by atoms with Crippen LogP contribution in [0.15, 0.2) is 218 Å². The van der Waals surface area contributed by atoms with E-state index in [0.717, 1.165) is 55.5 Å². The van der Waals surface area contributed by atoms with E-state index in [1.165, 1.54) is 38.6 Å². The molecule has 0 amide bonds. The highest BCUT2D eigenvalue weighted by Crippen LogP contribution is 2.40. The number of fused-ring (bicyclic) bond motifs is 2. The van der Waals surface area contributed by atoms with Gasteiger partial charge in [0.1, 0.15) is 0 Å². The molecule has 10 rings (SSSR count). The third-order valence-corrected chi connectivity index (χ3v) is 10.6. The molecule has 0 N–H and O–H groups in total. The second-order valence-electron chi connectivity index (χ2n) is 14.2. The number of nitrogens with zero attached hydrogens (tertiary/aromatic N) is 2. The highest BCUT2D eigenvalue weighted by atomic mass is 14.9. The Morgan fingerprint density at radius 3 is 1.32 bits per heavy atom. The fraction of sp³-hybridized carbons (Fsp3) is 0. The summed E-state index contributed by atoms with van der Waals surface area (Å²) in [5.74, 6) is 0.691. The summed E-state index contributed by atoms with van der Waals surface area (Å²) in [4.78, 5) is 10.7. The Labute approximate surface area is 327 Å². The molecule has 0 saturated heterocycles. The molecule has 2 nitrogen and oxygen atoms in total. The third-order valence-electron chi connectivity index (χ3n) is 10.6. The molecule has 0 atom stereocenters. The predicted molar refractivity (Wildman–Crippen MR) is 235 cm³/mol. The molecule has 2 heteroatoms. The summed E-state index contributed by atoms with van der Waals surface area (Å²) in [5.41, 5.74) is 15.4. The van der Waals surface area contributed by atoms with Crippen LogP contribution in [0.5, 0.6) is 0 Å². The van der Waals surface area contributed by atoms with Crippen molar-refractivity contribution in [2.24, 2.45) is 0 Å². The fourth-order valence-electron chi connectivity index (χ4n) is 7.83. The summed E-state index contributed by atoms with van der Waals surface area (Å²) < 4.78 is 0. The molecule has 0 unspecified atom stereocenters. The van der Waals surface area contributed by atoms with E-state index >= 15 is 0 Å². The summed E-state index contributed by atoms with van der Waals surface area (Å²) >= 11 is 0. The molecule has 262 valence electrons. The van der Waals surface area contributed by atoms with Gasteiger partial charge in [0, 0.05) is 16.5 Å². The first-order chi connectivity index (χ1) is 27.7. The van der Waals surface area contributed by atoms with Crippen molar-refractivity contribution in [3.63, 3.8) is 0 Å². The van der Waals surface area contributed by atoms with Crippen molar-refractivity contribution < 1.29 is 0 Å². The monoisotopic (exact) mass is 712 g/mol. The van der Waals surface area contributed by atoms with Crippen LogP contribution in [0, 0.1) is 0 Å². The van der Waals surface area contributed by atoms with Crippen LogP contribution >= 0.6 is 0 Å². The molecular weight excluding hydrogens is 677 g/mol. The van der Waals surface area contributed by atoms with E-state index in [-0.39, 0.29) is 0 Å². The van der Waals surface area contributed by atoms with E-state index in [1.54, 1.807) is 0 Å². The SMILES string of the molecule is c1ccc(-c2cc(-c3cc(-c4ccccc4)cc(-c4cccc5ccccc45)c3)cc(-c3nc(-c4ccccc4)c4cc(-c5ccccc5)ccc4n3)c2)cc1. The quantitative estimate of drug-likeness (QED) is 0.164. The lowest BCUT2D eigenvalue weighted by Gasteiger charge is -2.16. The van der Waals surface area contributed by atoms with E-state index in [1.807, 2.05) is 0 Å². The number of aromatic nitrogens is 2. The van der Waals surface area contributed by atoms with Gasteiger partial charge in [-0.25, -0.2) is 9.97 Å². The van der Waals surface area contributed by atoms with Gasteiger partial charge in [0.15, 0.2) is 5.82 Å². The van der Waals surface area contributed by atoms with Gasteiger partial charge in [0.25, 0.3) is 0 Å². The molecule has 1 aromatic heterocycles. The second-order valence-corrected chi connectivity index (χ2v) is 14.2. The van der Waals surface area contributed by atoms with Crippen LogP contribution < -0.4 is 0 Å². The third kappa shape index (κ3) is 6.44. The van der Waals surface area contributed by atoms with Gasteiger partial charge in [-0.1, -0.05) is 170 Å². The zero-order chi connectivity index (χ0) is 37.3. The second kappa shape index (κ2) is 14.4. The lowest BCUT2D eigenvalue weighted by molar-refractivity contribution is 1.23. The van der Waals surface area contributed by atoms with Gasteiger partial charge < -0.3 is 0 Å². The van der Waals surface area contributed by atoms with Gasteiger partial charge in [-0.05, 0) is 115 Å². The first kappa shape index (κ1) is 33.2. The van der Waals surface area contributed by atoms with Crippen LogP contribution in [0.4, 0.5) is 0 Å². The molecule has 0 aliphatic carbocycles. The maximum absolute atomic E-state index is 5.40. The number of hydrogen-bond acceptors (Lipinski definition) is 2. The lowest BCUT2D eigenvalue weighted by atomic mass is 9.89. The van der Waals surface area contributed by atoms with Gasteiger partial charge >= 0.3 is 0 Å². The van der Waals surface area contributed by atoms with Crippen molar-refractivity contribution in [1.29, 1.82) is 0 Å². The maximum Gasteiger partial charge on any atom is 0.160 e. The predicted octanol–water partition coefficient (Wildman–Crippen LogP) is 14.5. The Morgan fingerprint density at radius 1 is 0.250 bits per heavy atom. The lowest BCUT2D eigenvalue weighted by Crippen LogP contribution is -1.97. The average Bonchev–Trinajstić information content (AvgIpc) is 3.29. The van der Waals surface area contributed by atoms with E-state index in [0.29, 0.717) is 5.82 Å². The standard InChI is InChI=1S/C54H36N2/c1-5-16-37(17-6-1)42-28-29-52-51(36-42)53(41-23-11-4-12-24-41)56-54(55-52)48-34-44(39-20-9-3-10-21-39)31-46(35-48)45-30-43(38-18-7-2-8-19-38)32-47(33-45)50-27-15-25-40-22-13-14-26-49(40)50/h1-36H. The van der Waals surface area contributed by atoms with Crippen LogP contribution in [0.25, 0.3) is 100.0 Å². The van der Waals surface area contributed by atoms with Crippen LogP contribution in [-0.2, 0) is 0 Å². The van der Waals surface area contributed by atoms with Crippen molar-refractivity contribution >= 4 is 21.7 Å². The molecule has 0 saturated carbocycles. The minimum absolute atomic E-state index is 0.691. The maximum atomic E-state index is 5.40. The van der Waals surface area contributed by atoms with Crippen molar-refractivity contribution in [1.82, 2.24) is 9.97 Å². The summed E-state index contributed by atoms with van der Waals surface area (Å²) in [6.07, 6.45) is 0. The summed E-state index contributed by atoms with van der Waals surface area (Å²) in [6, 6.07) is 77.8. The van der Waals surface area contributed by atoms with Crippen LogP contribution in [-0.4, -0.2) is 9.97 Å². The molecule has 0 bridgehead atoms. The van der Waals surface area contributed by atoms with Gasteiger partial charge in [0.2, 0.25) is 0 Å². The van der Waals surface area contributed by atoms with Gasteiger partial charge in [0.05, 0.1) is 11.2 Å². The topological polar surface area (TPSA) is 25.8 Å². The average molecular weight is 713 g/mol. The number of hydrogen-bond donors (Lipinski definition) is 0. The molecule has 0 fully saturated rings. The van der Waals surface area contributed by atoms with Gasteiger partial charge in [-0.2, -0.15) is 0 Å². The molecule has 0 aliphatic rings. The fourth-order valence-corrected chi connectivity index (χ4v) is 7.83. The van der Waals surface area contributed by atoms with E-state index in [2.05, 4.69) is 218 Å². The molecule has 9 aromatic carbocycles. The van der Waals surface area contributed by atoms with Crippen molar-refractivity contribution in [2.75, 3.05) is 0 Å². The normalized spacial score (nSPS) is 11.2. The molecule has 0 aliphatic heterocycles. The Hall–Kier alpha value is -7.42. The van der Waals surface area contributed by atoms with Crippen LogP contribution in [0.1, 0.15) is 0 Å². The minimum atomic E-state index is 0.691. The molecule has 10 aromatic rings. The van der Waals surface area contributed by atoms with E-state index in [9.17, 15) is 0 Å². The summed E-state index contributed by atoms with van der Waals surface area (Å²) in [5, 5.41) is 3.48. The molecule has 0 spiro atoms. The molecule has 0 radical (unpaired) electrons. The zero-order valence-electron chi connectivity index (χ0n) is 30.7. The molecular formula is C54H36N2. The highest BCUT2D eigenvalue weighted by Gasteiger charge is 2.17. The van der Waals surface area contributed by atoms with E-state index < -0.39 is 0 Å². The highest BCUT2D eigenvalue weighted by molar-refractivity contribution is 5.99. The Balaban J connectivity index is 1.21. The van der Waals surface area contributed by atoms with Gasteiger partial charge in [-0.15, -0.1) is 0 Å². The number of benzene rings is 9. The van der Waals surface area contributed by atoms with Crippen molar-refractivity contribution in [3.05, 3.63) is 218 Å². The Kier molecular flexibility index (Phi) is 8.55. The van der Waals surface area contributed by atoms with Crippen LogP contribution in [0.3, 0.4) is 0 Å². The Morgan fingerprint density at radius 2 is 0.714 bits per heavy atom. The first-order valence-electron chi connectivity index (χ1n) is 19.1. The van der Waals surface area contributed by atoms with Gasteiger partial charge in [-0.3, -0.25) is 0 Å². The van der Waals surface area contributed by atoms with Crippen LogP contribution in [0.2, 0.25) is 0 Å². The minimum Gasteiger partial charge on any atom is -0.228 e. The molecule has 56 heavy (non-hydrogen) atoms. The van der Waals surface area contributed by atoms with Crippen molar-refractivity contribution in [2.45, 2.75) is 0 Å². The summed E-state index contributed by atoms with van der Waals surface area (Å²) in [7, 11) is 0. The number of rotatable bonds is 7. The smallest absolute Gasteiger partial charge is 0.160 e. The molecule has 1 heterocycles.